The molecule has 0 spiro atoms. The Morgan fingerprint density at radius 3 is 2.76 bits per heavy atom. The molecule has 0 aliphatic carbocycles. The number of aryl methyl sites for hydroxylation is 1. The number of fused-ring (bicyclic) bond motifs is 1. The van der Waals surface area contributed by atoms with Crippen molar-refractivity contribution in [2.45, 2.75) is 40.7 Å². The second-order valence-corrected chi connectivity index (χ2v) is 5.37. The Balaban J connectivity index is 2.54. The summed E-state index contributed by atoms with van der Waals surface area (Å²) in [7, 11) is 0. The van der Waals surface area contributed by atoms with Crippen LogP contribution in [0.3, 0.4) is 0 Å². The molecule has 0 amide bonds. The minimum Gasteiger partial charge on any atom is -0.369 e. The molecule has 4 nitrogen and oxygen atoms in total. The van der Waals surface area contributed by atoms with Gasteiger partial charge in [-0.25, -0.2) is 9.97 Å². The van der Waals surface area contributed by atoms with Crippen LogP contribution in [-0.2, 0) is 6.54 Å². The van der Waals surface area contributed by atoms with Crippen molar-refractivity contribution < 1.29 is 0 Å². The number of nitrogen functional groups attached to an aromatic ring is 1. The molecule has 2 rings (SSSR count). The lowest BCUT2D eigenvalue weighted by Gasteiger charge is -2.23. The van der Waals surface area contributed by atoms with Gasteiger partial charge in [0.2, 0.25) is 5.95 Å². The largest absolute Gasteiger partial charge is 0.369 e. The number of pyridine rings is 1. The summed E-state index contributed by atoms with van der Waals surface area (Å²) in [6.45, 7) is 9.53. The molecule has 0 bridgehead atoms. The van der Waals surface area contributed by atoms with E-state index in [1.54, 1.807) is 0 Å². The van der Waals surface area contributed by atoms with Crippen molar-refractivity contribution in [3.05, 3.63) is 17.8 Å². The van der Waals surface area contributed by atoms with E-state index in [9.17, 15) is 0 Å². The maximum absolute atomic E-state index is 6.00. The van der Waals surface area contributed by atoms with Gasteiger partial charge in [0.1, 0.15) is 5.52 Å². The van der Waals surface area contributed by atoms with Crippen molar-refractivity contribution in [1.29, 1.82) is 0 Å². The van der Waals surface area contributed by atoms with Gasteiger partial charge in [-0.1, -0.05) is 20.8 Å². The summed E-state index contributed by atoms with van der Waals surface area (Å²) in [6.07, 6.45) is 2.91. The number of hydrogen-bond acceptors (Lipinski definition) is 3. The van der Waals surface area contributed by atoms with Crippen LogP contribution in [0.2, 0.25) is 0 Å². The molecule has 2 aromatic heterocycles. The molecule has 4 heteroatoms. The third-order valence-electron chi connectivity index (χ3n) is 3.41. The minimum absolute atomic E-state index is 0.202. The molecular formula is C13H20N4. The number of rotatable bonds is 3. The third-order valence-corrected chi connectivity index (χ3v) is 3.41. The first-order chi connectivity index (χ1) is 7.94. The Kier molecular flexibility index (Phi) is 2.81. The average Bonchev–Trinajstić information content (AvgIpc) is 2.58. The van der Waals surface area contributed by atoms with E-state index in [2.05, 4.69) is 30.7 Å². The molecule has 0 radical (unpaired) electrons. The molecule has 0 fully saturated rings. The van der Waals surface area contributed by atoms with E-state index in [4.69, 9.17) is 5.73 Å². The fourth-order valence-electron chi connectivity index (χ4n) is 1.85. The molecule has 2 heterocycles. The van der Waals surface area contributed by atoms with Crippen molar-refractivity contribution in [1.82, 2.24) is 14.5 Å². The summed E-state index contributed by atoms with van der Waals surface area (Å²) < 4.78 is 2.02. The van der Waals surface area contributed by atoms with E-state index in [1.807, 2.05) is 23.8 Å². The quantitative estimate of drug-likeness (QED) is 0.885. The van der Waals surface area contributed by atoms with Crippen molar-refractivity contribution in [2.24, 2.45) is 5.41 Å². The Bertz CT molecular complexity index is 540. The van der Waals surface area contributed by atoms with Crippen LogP contribution in [0.5, 0.6) is 0 Å². The summed E-state index contributed by atoms with van der Waals surface area (Å²) in [6, 6.07) is 1.96. The van der Waals surface area contributed by atoms with Crippen LogP contribution in [-0.4, -0.2) is 14.5 Å². The summed E-state index contributed by atoms with van der Waals surface area (Å²) >= 11 is 0. The van der Waals surface area contributed by atoms with Crippen LogP contribution in [0.1, 0.15) is 32.8 Å². The van der Waals surface area contributed by atoms with Gasteiger partial charge < -0.3 is 5.73 Å². The van der Waals surface area contributed by atoms with Gasteiger partial charge in [-0.05, 0) is 30.4 Å². The standard InChI is InChI=1S/C13H20N4/c1-5-13(3,4)8-17-11-10(16-12(17)14)9(2)6-7-15-11/h6-7H,5,8H2,1-4H3,(H2,14,16). The van der Waals surface area contributed by atoms with E-state index in [0.717, 1.165) is 29.7 Å². The number of aromatic nitrogens is 3. The lowest BCUT2D eigenvalue weighted by molar-refractivity contribution is 0.299. The predicted molar refractivity (Wildman–Crippen MR) is 70.7 cm³/mol. The van der Waals surface area contributed by atoms with Crippen molar-refractivity contribution in [3.8, 4) is 0 Å². The van der Waals surface area contributed by atoms with Crippen molar-refractivity contribution >= 4 is 17.1 Å². The van der Waals surface area contributed by atoms with E-state index in [1.165, 1.54) is 0 Å². The monoisotopic (exact) mass is 232 g/mol. The van der Waals surface area contributed by atoms with Gasteiger partial charge in [-0.3, -0.25) is 4.57 Å². The van der Waals surface area contributed by atoms with Gasteiger partial charge in [0.25, 0.3) is 0 Å². The van der Waals surface area contributed by atoms with E-state index in [-0.39, 0.29) is 5.41 Å². The van der Waals surface area contributed by atoms with Crippen LogP contribution in [0, 0.1) is 12.3 Å². The van der Waals surface area contributed by atoms with Crippen LogP contribution in [0.15, 0.2) is 12.3 Å². The van der Waals surface area contributed by atoms with Gasteiger partial charge in [-0.15, -0.1) is 0 Å². The molecule has 0 saturated heterocycles. The third kappa shape index (κ3) is 2.12. The highest BCUT2D eigenvalue weighted by atomic mass is 15.2. The highest BCUT2D eigenvalue weighted by molar-refractivity contribution is 5.77. The van der Waals surface area contributed by atoms with Crippen LogP contribution >= 0.6 is 0 Å². The molecule has 0 aromatic carbocycles. The van der Waals surface area contributed by atoms with Gasteiger partial charge in [-0.2, -0.15) is 0 Å². The predicted octanol–water partition coefficient (Wildman–Crippen LogP) is 2.76. The average molecular weight is 232 g/mol. The van der Waals surface area contributed by atoms with Gasteiger partial charge in [0.15, 0.2) is 5.65 Å². The second kappa shape index (κ2) is 4.02. The molecule has 92 valence electrons. The highest BCUT2D eigenvalue weighted by Crippen LogP contribution is 2.27. The number of nitrogens with zero attached hydrogens (tertiary/aromatic N) is 3. The van der Waals surface area contributed by atoms with E-state index < -0.39 is 0 Å². The molecular weight excluding hydrogens is 212 g/mol. The zero-order chi connectivity index (χ0) is 12.6. The fraction of sp³-hybridized carbons (Fsp3) is 0.538. The first-order valence-corrected chi connectivity index (χ1v) is 6.02. The normalized spacial score (nSPS) is 12.2. The molecule has 0 aliphatic rings. The zero-order valence-electron chi connectivity index (χ0n) is 11.0. The van der Waals surface area contributed by atoms with Crippen LogP contribution in [0.25, 0.3) is 11.2 Å². The first kappa shape index (κ1) is 11.9. The molecule has 0 unspecified atom stereocenters. The number of anilines is 1. The molecule has 2 aromatic rings. The first-order valence-electron chi connectivity index (χ1n) is 6.02. The highest BCUT2D eigenvalue weighted by Gasteiger charge is 2.20. The maximum atomic E-state index is 6.00. The van der Waals surface area contributed by atoms with E-state index >= 15 is 0 Å². The molecule has 0 saturated carbocycles. The zero-order valence-corrected chi connectivity index (χ0v) is 11.0. The molecule has 0 aliphatic heterocycles. The number of hydrogen-bond donors (Lipinski definition) is 1. The van der Waals surface area contributed by atoms with E-state index in [0.29, 0.717) is 5.95 Å². The topological polar surface area (TPSA) is 56.7 Å². The van der Waals surface area contributed by atoms with Crippen molar-refractivity contribution in [3.63, 3.8) is 0 Å². The summed E-state index contributed by atoms with van der Waals surface area (Å²) in [4.78, 5) is 8.81. The van der Waals surface area contributed by atoms with Crippen molar-refractivity contribution in [2.75, 3.05) is 5.73 Å². The van der Waals surface area contributed by atoms with Crippen LogP contribution in [0.4, 0.5) is 5.95 Å². The SMILES string of the molecule is CCC(C)(C)Cn1c(N)nc2c(C)ccnc21. The molecule has 0 atom stereocenters. The van der Waals surface area contributed by atoms with Gasteiger partial charge >= 0.3 is 0 Å². The lowest BCUT2D eigenvalue weighted by atomic mass is 9.90. The fourth-order valence-corrected chi connectivity index (χ4v) is 1.85. The number of nitrogens with two attached hydrogens (primary N) is 1. The summed E-state index contributed by atoms with van der Waals surface area (Å²) in [5.74, 6) is 0.559. The van der Waals surface area contributed by atoms with Gasteiger partial charge in [0.05, 0.1) is 0 Å². The molecule has 17 heavy (non-hydrogen) atoms. The maximum Gasteiger partial charge on any atom is 0.202 e. The smallest absolute Gasteiger partial charge is 0.202 e. The Morgan fingerprint density at radius 1 is 1.41 bits per heavy atom. The number of imidazole rings is 1. The summed E-state index contributed by atoms with van der Waals surface area (Å²) in [5.41, 5.74) is 9.12. The van der Waals surface area contributed by atoms with Crippen LogP contribution < -0.4 is 5.73 Å². The Hall–Kier alpha value is -1.58. The lowest BCUT2D eigenvalue weighted by Crippen LogP contribution is -2.20. The Labute approximate surface area is 102 Å². The summed E-state index contributed by atoms with van der Waals surface area (Å²) in [5, 5.41) is 0. The second-order valence-electron chi connectivity index (χ2n) is 5.37. The Morgan fingerprint density at radius 2 is 2.12 bits per heavy atom. The molecule has 2 N–H and O–H groups in total. The van der Waals surface area contributed by atoms with Gasteiger partial charge in [0, 0.05) is 12.7 Å². The minimum atomic E-state index is 0.202.